The Balaban J connectivity index is 1.66. The van der Waals surface area contributed by atoms with Crippen molar-refractivity contribution in [1.29, 1.82) is 0 Å². The summed E-state index contributed by atoms with van der Waals surface area (Å²) < 4.78 is 27.0. The van der Waals surface area contributed by atoms with Crippen molar-refractivity contribution in [1.82, 2.24) is 19.9 Å². The average molecular weight is 499 g/mol. The maximum Gasteiger partial charge on any atom is 0.251 e. The summed E-state index contributed by atoms with van der Waals surface area (Å²) in [5.74, 6) is -0.929. The van der Waals surface area contributed by atoms with Gasteiger partial charge in [-0.2, -0.15) is 4.31 Å². The lowest BCUT2D eigenvalue weighted by molar-refractivity contribution is -0.123. The van der Waals surface area contributed by atoms with Crippen molar-refractivity contribution in [2.24, 2.45) is 5.92 Å². The highest BCUT2D eigenvalue weighted by molar-refractivity contribution is 7.89. The Hall–Kier alpha value is -3.17. The molecule has 3 rings (SSSR count). The molecule has 0 aliphatic rings. The predicted molar refractivity (Wildman–Crippen MR) is 138 cm³/mol. The van der Waals surface area contributed by atoms with E-state index in [4.69, 9.17) is 0 Å². The van der Waals surface area contributed by atoms with Crippen LogP contribution in [0.2, 0.25) is 0 Å². The lowest BCUT2D eigenvalue weighted by Crippen LogP contribution is -2.50. The SMILES string of the molecule is CCN(CC)S(=O)(=O)c1cccc(C(=O)N[C@H](C(=O)NCCc2c[nH]c3ccccc23)C(C)C)c1. The third-order valence-electron chi connectivity index (χ3n) is 6.04. The van der Waals surface area contributed by atoms with E-state index in [-0.39, 0.29) is 22.3 Å². The van der Waals surface area contributed by atoms with Crippen LogP contribution < -0.4 is 10.6 Å². The minimum absolute atomic E-state index is 0.0538. The van der Waals surface area contributed by atoms with Gasteiger partial charge in [0.1, 0.15) is 6.04 Å². The maximum absolute atomic E-state index is 13.0. The first kappa shape index (κ1) is 26.4. The van der Waals surface area contributed by atoms with Crippen LogP contribution in [-0.4, -0.2) is 55.2 Å². The standard InChI is InChI=1S/C26H34N4O4S/c1-5-30(6-2)35(33,34)21-11-9-10-19(16-21)25(31)29-24(18(3)4)26(32)27-15-14-20-17-28-23-13-8-7-12-22(20)23/h7-13,16-18,24,28H,5-6,14-15H2,1-4H3,(H,27,32)(H,29,31)/t24-/m0/s1. The molecule has 3 aromatic rings. The van der Waals surface area contributed by atoms with E-state index >= 15 is 0 Å². The largest absolute Gasteiger partial charge is 0.361 e. The van der Waals surface area contributed by atoms with E-state index < -0.39 is 22.0 Å². The van der Waals surface area contributed by atoms with Crippen molar-refractivity contribution in [2.45, 2.75) is 45.1 Å². The molecule has 0 aliphatic carbocycles. The fraction of sp³-hybridized carbons (Fsp3) is 0.385. The van der Waals surface area contributed by atoms with Crippen LogP contribution in [0, 0.1) is 5.92 Å². The van der Waals surface area contributed by atoms with Crippen molar-refractivity contribution >= 4 is 32.7 Å². The fourth-order valence-corrected chi connectivity index (χ4v) is 5.54. The third kappa shape index (κ3) is 6.10. The molecule has 8 nitrogen and oxygen atoms in total. The number of amides is 2. The van der Waals surface area contributed by atoms with Crippen molar-refractivity contribution in [3.05, 3.63) is 65.9 Å². The summed E-state index contributed by atoms with van der Waals surface area (Å²) in [5, 5.41) is 6.82. The molecule has 1 atom stereocenters. The Morgan fingerprint density at radius 1 is 1.03 bits per heavy atom. The summed E-state index contributed by atoms with van der Waals surface area (Å²) in [7, 11) is -3.70. The monoisotopic (exact) mass is 498 g/mol. The molecule has 0 aliphatic heterocycles. The fourth-order valence-electron chi connectivity index (χ4n) is 4.04. The van der Waals surface area contributed by atoms with Gasteiger partial charge < -0.3 is 15.6 Å². The average Bonchev–Trinajstić information content (AvgIpc) is 3.26. The number of carbonyl (C=O) groups excluding carboxylic acids is 2. The second kappa shape index (κ2) is 11.5. The zero-order valence-corrected chi connectivity index (χ0v) is 21.5. The first-order valence-electron chi connectivity index (χ1n) is 11.9. The van der Waals surface area contributed by atoms with Crippen molar-refractivity contribution < 1.29 is 18.0 Å². The Morgan fingerprint density at radius 3 is 2.43 bits per heavy atom. The summed E-state index contributed by atoms with van der Waals surface area (Å²) in [5.41, 5.74) is 2.35. The molecule has 1 heterocycles. The number of hydrogen-bond donors (Lipinski definition) is 3. The zero-order valence-electron chi connectivity index (χ0n) is 20.7. The molecule has 0 saturated heterocycles. The number of benzene rings is 2. The van der Waals surface area contributed by atoms with Gasteiger partial charge in [0, 0.05) is 42.3 Å². The van der Waals surface area contributed by atoms with Crippen LogP contribution in [0.15, 0.2) is 59.6 Å². The van der Waals surface area contributed by atoms with E-state index in [1.165, 1.54) is 22.5 Å². The molecule has 2 aromatic carbocycles. The van der Waals surface area contributed by atoms with E-state index in [0.29, 0.717) is 26.1 Å². The van der Waals surface area contributed by atoms with Crippen molar-refractivity contribution in [2.75, 3.05) is 19.6 Å². The molecular formula is C26H34N4O4S. The minimum Gasteiger partial charge on any atom is -0.361 e. The molecular weight excluding hydrogens is 464 g/mol. The number of fused-ring (bicyclic) bond motifs is 1. The van der Waals surface area contributed by atoms with Crippen LogP contribution >= 0.6 is 0 Å². The minimum atomic E-state index is -3.70. The molecule has 3 N–H and O–H groups in total. The summed E-state index contributed by atoms with van der Waals surface area (Å²) in [4.78, 5) is 29.1. The predicted octanol–water partition coefficient (Wildman–Crippen LogP) is 3.31. The van der Waals surface area contributed by atoms with Gasteiger partial charge in [0.2, 0.25) is 15.9 Å². The lowest BCUT2D eigenvalue weighted by Gasteiger charge is -2.22. The first-order valence-corrected chi connectivity index (χ1v) is 13.4. The topological polar surface area (TPSA) is 111 Å². The molecule has 9 heteroatoms. The summed E-state index contributed by atoms with van der Waals surface area (Å²) >= 11 is 0. The third-order valence-corrected chi connectivity index (χ3v) is 8.09. The normalized spacial score (nSPS) is 12.7. The smallest absolute Gasteiger partial charge is 0.251 e. The number of nitrogens with one attached hydrogen (secondary N) is 3. The highest BCUT2D eigenvalue weighted by Gasteiger charge is 2.26. The van der Waals surface area contributed by atoms with Gasteiger partial charge in [-0.15, -0.1) is 0 Å². The Morgan fingerprint density at radius 2 is 1.74 bits per heavy atom. The van der Waals surface area contributed by atoms with Crippen LogP contribution in [0.5, 0.6) is 0 Å². The summed E-state index contributed by atoms with van der Waals surface area (Å²) in [6, 6.07) is 13.1. The first-order chi connectivity index (χ1) is 16.7. The Kier molecular flexibility index (Phi) is 8.69. The van der Waals surface area contributed by atoms with Gasteiger partial charge >= 0.3 is 0 Å². The van der Waals surface area contributed by atoms with E-state index in [0.717, 1.165) is 16.5 Å². The lowest BCUT2D eigenvalue weighted by atomic mass is 10.0. The molecule has 35 heavy (non-hydrogen) atoms. The molecule has 0 saturated carbocycles. The molecule has 0 radical (unpaired) electrons. The van der Waals surface area contributed by atoms with Crippen LogP contribution in [0.3, 0.4) is 0 Å². The molecule has 0 spiro atoms. The number of carbonyl (C=O) groups is 2. The van der Waals surface area contributed by atoms with Crippen molar-refractivity contribution in [3.63, 3.8) is 0 Å². The van der Waals surface area contributed by atoms with Gasteiger partial charge in [-0.25, -0.2) is 8.42 Å². The molecule has 0 fully saturated rings. The van der Waals surface area contributed by atoms with E-state index in [2.05, 4.69) is 15.6 Å². The highest BCUT2D eigenvalue weighted by Crippen LogP contribution is 2.19. The van der Waals surface area contributed by atoms with Crippen LogP contribution in [0.1, 0.15) is 43.6 Å². The maximum atomic E-state index is 13.0. The molecule has 0 unspecified atom stereocenters. The van der Waals surface area contributed by atoms with Gasteiger partial charge in [0.25, 0.3) is 5.91 Å². The number of rotatable bonds is 11. The number of hydrogen-bond acceptors (Lipinski definition) is 4. The van der Waals surface area contributed by atoms with E-state index in [1.807, 2.05) is 44.3 Å². The van der Waals surface area contributed by atoms with Gasteiger partial charge in [-0.1, -0.05) is 52.0 Å². The zero-order chi connectivity index (χ0) is 25.6. The summed E-state index contributed by atoms with van der Waals surface area (Å²) in [6.45, 7) is 8.34. The van der Waals surface area contributed by atoms with E-state index in [9.17, 15) is 18.0 Å². The van der Waals surface area contributed by atoms with Gasteiger partial charge in [0.05, 0.1) is 4.90 Å². The molecule has 0 bridgehead atoms. The molecule has 188 valence electrons. The van der Waals surface area contributed by atoms with Crippen molar-refractivity contribution in [3.8, 4) is 0 Å². The quantitative estimate of drug-likeness (QED) is 0.377. The second-order valence-corrected chi connectivity index (χ2v) is 10.7. The second-order valence-electron chi connectivity index (χ2n) is 8.71. The van der Waals surface area contributed by atoms with E-state index in [1.54, 1.807) is 19.9 Å². The summed E-state index contributed by atoms with van der Waals surface area (Å²) in [6.07, 6.45) is 2.59. The number of para-hydroxylation sites is 1. The number of aromatic amines is 1. The Bertz CT molecular complexity index is 1280. The van der Waals surface area contributed by atoms with Crippen LogP contribution in [-0.2, 0) is 21.2 Å². The van der Waals surface area contributed by atoms with Gasteiger partial charge in [-0.3, -0.25) is 9.59 Å². The van der Waals surface area contributed by atoms with Crippen LogP contribution in [0.4, 0.5) is 0 Å². The Labute approximate surface area is 207 Å². The number of aromatic nitrogens is 1. The molecule has 2 amide bonds. The van der Waals surface area contributed by atoms with Gasteiger partial charge in [0.15, 0.2) is 0 Å². The number of sulfonamides is 1. The number of H-pyrrole nitrogens is 1. The van der Waals surface area contributed by atoms with Crippen LogP contribution in [0.25, 0.3) is 10.9 Å². The van der Waals surface area contributed by atoms with Gasteiger partial charge in [-0.05, 0) is 42.2 Å². The number of nitrogens with zero attached hydrogens (tertiary/aromatic N) is 1. The molecule has 1 aromatic heterocycles. The highest BCUT2D eigenvalue weighted by atomic mass is 32.2.